The highest BCUT2D eigenvalue weighted by Gasteiger charge is 2.19. The van der Waals surface area contributed by atoms with E-state index in [1.807, 2.05) is 12.1 Å². The number of aromatic nitrogens is 4. The van der Waals surface area contributed by atoms with Crippen LogP contribution in [0.2, 0.25) is 0 Å². The van der Waals surface area contributed by atoms with Gasteiger partial charge < -0.3 is 14.2 Å². The fourth-order valence-electron chi connectivity index (χ4n) is 3.46. The van der Waals surface area contributed by atoms with Crippen molar-refractivity contribution in [3.05, 3.63) is 47.1 Å². The first-order chi connectivity index (χ1) is 16.2. The summed E-state index contributed by atoms with van der Waals surface area (Å²) in [5, 5.41) is 17.3. The molecule has 2 heterocycles. The normalized spacial score (nSPS) is 11.5. The number of fused-ring (bicyclic) bond motifs is 1. The van der Waals surface area contributed by atoms with Gasteiger partial charge in [0.15, 0.2) is 11.4 Å². The monoisotopic (exact) mass is 505 g/mol. The van der Waals surface area contributed by atoms with Gasteiger partial charge in [-0.1, -0.05) is 34.6 Å². The van der Waals surface area contributed by atoms with E-state index < -0.39 is 0 Å². The van der Waals surface area contributed by atoms with Gasteiger partial charge in [-0.2, -0.15) is 4.52 Å². The summed E-state index contributed by atoms with van der Waals surface area (Å²) >= 11 is 0. The van der Waals surface area contributed by atoms with Crippen molar-refractivity contribution in [3.8, 4) is 11.6 Å². The third kappa shape index (κ3) is 7.05. The number of hydrogen-bond acceptors (Lipinski definition) is 7. The zero-order valence-electron chi connectivity index (χ0n) is 21.3. The first-order valence-electron chi connectivity index (χ1n) is 11.6. The van der Waals surface area contributed by atoms with Crippen LogP contribution in [-0.2, 0) is 16.7 Å². The maximum Gasteiger partial charge on any atom is 0.242 e. The second kappa shape index (κ2) is 12.2. The van der Waals surface area contributed by atoms with Gasteiger partial charge in [0.25, 0.3) is 0 Å². The number of ether oxygens (including phenoxy) is 3. The summed E-state index contributed by atoms with van der Waals surface area (Å²) in [6.07, 6.45) is 1.80. The molecular weight excluding hydrogens is 470 g/mol. The van der Waals surface area contributed by atoms with Crippen LogP contribution in [0.25, 0.3) is 5.65 Å². The highest BCUT2D eigenvalue weighted by molar-refractivity contribution is 5.96. The van der Waals surface area contributed by atoms with E-state index in [1.54, 1.807) is 25.3 Å². The molecule has 0 bridgehead atoms. The van der Waals surface area contributed by atoms with Crippen molar-refractivity contribution in [2.24, 2.45) is 0 Å². The molecule has 0 fully saturated rings. The molecule has 0 aliphatic rings. The van der Waals surface area contributed by atoms with Gasteiger partial charge in [-0.15, -0.1) is 22.6 Å². The van der Waals surface area contributed by atoms with Gasteiger partial charge in [0, 0.05) is 18.7 Å². The van der Waals surface area contributed by atoms with Gasteiger partial charge in [0.2, 0.25) is 11.5 Å². The Balaban J connectivity index is 0.00000432. The largest absolute Gasteiger partial charge is 0.491 e. The molecule has 0 atom stereocenters. The van der Waals surface area contributed by atoms with Crippen molar-refractivity contribution in [1.29, 1.82) is 5.41 Å². The molecular formula is C25H36ClN5O4. The molecule has 0 aliphatic heterocycles. The van der Waals surface area contributed by atoms with E-state index in [-0.39, 0.29) is 41.9 Å². The fourth-order valence-corrected chi connectivity index (χ4v) is 3.46. The van der Waals surface area contributed by atoms with E-state index >= 15 is 0 Å². The summed E-state index contributed by atoms with van der Waals surface area (Å²) in [5.74, 6) is 0.878. The molecule has 0 saturated carbocycles. The lowest BCUT2D eigenvalue weighted by atomic mass is 9.85. The van der Waals surface area contributed by atoms with Crippen LogP contribution >= 0.6 is 12.4 Å². The molecule has 0 saturated heterocycles. The number of carbonyl (C=O) groups excluding carboxylic acids is 1. The Morgan fingerprint density at radius 1 is 1.09 bits per heavy atom. The standard InChI is InChI=1S/C25H35N5O4.ClH/c1-7-19(8-2)34-23-10-9-22-27-29(24(26)30(22)28-23)16-21(31)17-13-18(25(3,4)5)15-20(14-17)33-12-11-32-6;/h9-10,13-15,19,26H,7-8,11-12,16H2,1-6H3;1H. The molecule has 2 aromatic heterocycles. The number of rotatable bonds is 11. The minimum absolute atomic E-state index is 0. The molecule has 3 aromatic rings. The van der Waals surface area contributed by atoms with Gasteiger partial charge in [-0.05, 0) is 48.1 Å². The Morgan fingerprint density at radius 3 is 2.43 bits per heavy atom. The van der Waals surface area contributed by atoms with Gasteiger partial charge in [-0.25, -0.2) is 4.68 Å². The minimum Gasteiger partial charge on any atom is -0.491 e. The average Bonchev–Trinajstić information content (AvgIpc) is 3.11. The molecule has 1 N–H and O–H groups in total. The summed E-state index contributed by atoms with van der Waals surface area (Å²) in [6, 6.07) is 9.04. The first kappa shape index (κ1) is 28.3. The zero-order chi connectivity index (χ0) is 24.9. The van der Waals surface area contributed by atoms with Crippen molar-refractivity contribution in [2.45, 2.75) is 65.5 Å². The molecule has 0 radical (unpaired) electrons. The maximum atomic E-state index is 13.2. The Hall–Kier alpha value is -2.91. The number of nitrogens with zero attached hydrogens (tertiary/aromatic N) is 4. The predicted molar refractivity (Wildman–Crippen MR) is 136 cm³/mol. The molecule has 35 heavy (non-hydrogen) atoms. The molecule has 10 heteroatoms. The third-order valence-electron chi connectivity index (χ3n) is 5.60. The third-order valence-corrected chi connectivity index (χ3v) is 5.60. The minimum atomic E-state index is -0.168. The quantitative estimate of drug-likeness (QED) is 0.309. The van der Waals surface area contributed by atoms with Crippen LogP contribution in [0.15, 0.2) is 30.3 Å². The lowest BCUT2D eigenvalue weighted by Crippen LogP contribution is -2.27. The molecule has 3 rings (SSSR count). The summed E-state index contributed by atoms with van der Waals surface area (Å²) in [5.41, 5.74) is 1.81. The van der Waals surface area contributed by atoms with Crippen molar-refractivity contribution in [3.63, 3.8) is 0 Å². The van der Waals surface area contributed by atoms with Crippen LogP contribution in [0.3, 0.4) is 0 Å². The average molecular weight is 506 g/mol. The van der Waals surface area contributed by atoms with Crippen LogP contribution in [0.5, 0.6) is 11.6 Å². The van der Waals surface area contributed by atoms with Crippen molar-refractivity contribution in [2.75, 3.05) is 20.3 Å². The molecule has 192 valence electrons. The van der Waals surface area contributed by atoms with Gasteiger partial charge in [0.05, 0.1) is 12.7 Å². The van der Waals surface area contributed by atoms with Crippen molar-refractivity contribution >= 4 is 23.8 Å². The van der Waals surface area contributed by atoms with E-state index in [2.05, 4.69) is 44.8 Å². The predicted octanol–water partition coefficient (Wildman–Crippen LogP) is 4.21. The number of nitrogens with one attached hydrogen (secondary N) is 1. The SMILES string of the molecule is CCC(CC)Oc1ccc2nn(CC(=O)c3cc(OCCOC)cc(C(C)(C)C)c3)c(=N)n2n1.Cl. The summed E-state index contributed by atoms with van der Waals surface area (Å²) in [4.78, 5) is 13.2. The Labute approximate surface area is 212 Å². The number of Topliss-reactive ketones (excluding diaryl/α,β-unsaturated/α-hetero) is 1. The molecule has 0 aliphatic carbocycles. The Morgan fingerprint density at radius 2 is 1.80 bits per heavy atom. The van der Waals surface area contributed by atoms with E-state index in [9.17, 15) is 4.79 Å². The number of hydrogen-bond donors (Lipinski definition) is 1. The maximum absolute atomic E-state index is 13.2. The lowest BCUT2D eigenvalue weighted by Gasteiger charge is -2.21. The smallest absolute Gasteiger partial charge is 0.242 e. The second-order valence-corrected chi connectivity index (χ2v) is 9.24. The van der Waals surface area contributed by atoms with E-state index in [0.29, 0.717) is 36.1 Å². The number of carbonyl (C=O) groups is 1. The highest BCUT2D eigenvalue weighted by Crippen LogP contribution is 2.28. The van der Waals surface area contributed by atoms with Crippen LogP contribution in [0.1, 0.15) is 63.4 Å². The van der Waals surface area contributed by atoms with E-state index in [4.69, 9.17) is 19.6 Å². The fraction of sp³-hybridized carbons (Fsp3) is 0.520. The molecule has 1 aromatic carbocycles. The van der Waals surface area contributed by atoms with Gasteiger partial charge in [-0.3, -0.25) is 10.2 Å². The molecule has 0 spiro atoms. The zero-order valence-corrected chi connectivity index (χ0v) is 22.1. The van der Waals surface area contributed by atoms with Crippen LogP contribution in [-0.4, -0.2) is 51.6 Å². The first-order valence-corrected chi connectivity index (χ1v) is 11.6. The van der Waals surface area contributed by atoms with E-state index in [1.165, 1.54) is 9.20 Å². The van der Waals surface area contributed by atoms with Gasteiger partial charge >= 0.3 is 0 Å². The van der Waals surface area contributed by atoms with Crippen LogP contribution < -0.4 is 15.1 Å². The highest BCUT2D eigenvalue weighted by atomic mass is 35.5. The van der Waals surface area contributed by atoms with E-state index in [0.717, 1.165) is 18.4 Å². The van der Waals surface area contributed by atoms with Crippen LogP contribution in [0, 0.1) is 5.41 Å². The molecule has 9 nitrogen and oxygen atoms in total. The number of halogens is 1. The molecule has 0 amide bonds. The topological polar surface area (TPSA) is 104 Å². The molecule has 0 unspecified atom stereocenters. The summed E-state index contributed by atoms with van der Waals surface area (Å²) < 4.78 is 19.5. The second-order valence-electron chi connectivity index (χ2n) is 9.24. The Bertz CT molecular complexity index is 1190. The number of ketones is 1. The summed E-state index contributed by atoms with van der Waals surface area (Å²) in [7, 11) is 1.62. The number of benzene rings is 1. The number of methoxy groups -OCH3 is 1. The van der Waals surface area contributed by atoms with Crippen molar-refractivity contribution < 1.29 is 19.0 Å². The summed E-state index contributed by atoms with van der Waals surface area (Å²) in [6.45, 7) is 11.1. The Kier molecular flexibility index (Phi) is 9.85. The van der Waals surface area contributed by atoms with Crippen LogP contribution in [0.4, 0.5) is 0 Å². The van der Waals surface area contributed by atoms with Gasteiger partial charge in [0.1, 0.15) is 18.9 Å². The van der Waals surface area contributed by atoms with Crippen molar-refractivity contribution in [1.82, 2.24) is 19.4 Å². The lowest BCUT2D eigenvalue weighted by molar-refractivity contribution is 0.0964.